The van der Waals surface area contributed by atoms with Gasteiger partial charge in [0.05, 0.1) is 11.9 Å². The minimum atomic E-state index is 0.300. The van der Waals surface area contributed by atoms with E-state index < -0.39 is 0 Å². The average molecular weight is 355 g/mol. The van der Waals surface area contributed by atoms with Crippen LogP contribution in [0.5, 0.6) is 5.75 Å². The molecule has 2 N–H and O–H groups in total. The molecule has 0 bridgehead atoms. The van der Waals surface area contributed by atoms with E-state index in [4.69, 9.17) is 0 Å². The molecular weight excluding hydrogens is 326 g/mol. The molecule has 2 fully saturated rings. The van der Waals surface area contributed by atoms with Crippen LogP contribution >= 0.6 is 0 Å². The summed E-state index contributed by atoms with van der Waals surface area (Å²) in [4.78, 5) is 9.47. The average Bonchev–Trinajstić information content (AvgIpc) is 3.31. The summed E-state index contributed by atoms with van der Waals surface area (Å²) < 4.78 is 0. The Morgan fingerprint density at radius 3 is 2.77 bits per heavy atom. The van der Waals surface area contributed by atoms with Crippen LogP contribution < -0.4 is 0 Å². The molecule has 0 aromatic carbocycles. The first-order chi connectivity index (χ1) is 12.7. The van der Waals surface area contributed by atoms with Gasteiger partial charge in [-0.25, -0.2) is 0 Å². The van der Waals surface area contributed by atoms with Gasteiger partial charge in [-0.1, -0.05) is 0 Å². The zero-order valence-corrected chi connectivity index (χ0v) is 15.6. The van der Waals surface area contributed by atoms with E-state index in [-0.39, 0.29) is 0 Å². The Hall–Kier alpha value is -1.92. The molecule has 2 aliphatic rings. The van der Waals surface area contributed by atoms with Gasteiger partial charge in [-0.2, -0.15) is 5.10 Å². The van der Waals surface area contributed by atoms with Gasteiger partial charge in [0.1, 0.15) is 5.75 Å². The van der Waals surface area contributed by atoms with Crippen LogP contribution in [0.1, 0.15) is 54.2 Å². The molecule has 0 amide bonds. The third-order valence-corrected chi connectivity index (χ3v) is 5.72. The van der Waals surface area contributed by atoms with Gasteiger partial charge in [0, 0.05) is 42.5 Å². The summed E-state index contributed by atoms with van der Waals surface area (Å²) in [6.07, 6.45) is 7.01. The lowest BCUT2D eigenvalue weighted by atomic mass is 9.92. The number of aromatic nitrogens is 3. The zero-order chi connectivity index (χ0) is 17.9. The first-order valence-electron chi connectivity index (χ1n) is 9.81. The topological polar surface area (TPSA) is 68.3 Å². The van der Waals surface area contributed by atoms with E-state index in [1.54, 1.807) is 6.07 Å². The number of nitrogens with one attached hydrogen (secondary N) is 1. The minimum absolute atomic E-state index is 0.300. The van der Waals surface area contributed by atoms with Crippen LogP contribution in [0.2, 0.25) is 0 Å². The highest BCUT2D eigenvalue weighted by molar-refractivity contribution is 5.28. The molecule has 0 unspecified atom stereocenters. The summed E-state index contributed by atoms with van der Waals surface area (Å²) in [6.45, 7) is 8.16. The van der Waals surface area contributed by atoms with Crippen LogP contribution in [0.3, 0.4) is 0 Å². The van der Waals surface area contributed by atoms with E-state index in [9.17, 15) is 5.11 Å². The van der Waals surface area contributed by atoms with Crippen molar-refractivity contribution in [3.8, 4) is 5.75 Å². The first-order valence-corrected chi connectivity index (χ1v) is 9.81. The van der Waals surface area contributed by atoms with Gasteiger partial charge in [0.25, 0.3) is 0 Å². The van der Waals surface area contributed by atoms with Crippen molar-refractivity contribution >= 4 is 0 Å². The van der Waals surface area contributed by atoms with Gasteiger partial charge in [0.2, 0.25) is 0 Å². The Morgan fingerprint density at radius 2 is 1.92 bits per heavy atom. The molecule has 26 heavy (non-hydrogen) atoms. The Bertz CT molecular complexity index is 738. The maximum absolute atomic E-state index is 10.1. The van der Waals surface area contributed by atoms with Crippen LogP contribution in [0.15, 0.2) is 18.3 Å². The number of hydrogen-bond donors (Lipinski definition) is 2. The molecule has 0 aliphatic carbocycles. The molecule has 140 valence electrons. The molecule has 2 aromatic heterocycles. The van der Waals surface area contributed by atoms with Crippen molar-refractivity contribution < 1.29 is 5.11 Å². The third kappa shape index (κ3) is 3.91. The highest BCUT2D eigenvalue weighted by Gasteiger charge is 2.26. The summed E-state index contributed by atoms with van der Waals surface area (Å²) in [5, 5.41) is 17.7. The zero-order valence-electron chi connectivity index (χ0n) is 15.6. The van der Waals surface area contributed by atoms with Gasteiger partial charge < -0.3 is 5.11 Å². The Kier molecular flexibility index (Phi) is 5.22. The maximum Gasteiger partial charge on any atom is 0.138 e. The molecule has 2 saturated heterocycles. The summed E-state index contributed by atoms with van der Waals surface area (Å²) in [5.41, 5.74) is 4.40. The summed E-state index contributed by atoms with van der Waals surface area (Å²) in [5.74, 6) is 0.782. The van der Waals surface area contributed by atoms with Gasteiger partial charge in [-0.3, -0.25) is 19.9 Å². The molecule has 2 aliphatic heterocycles. The quantitative estimate of drug-likeness (QED) is 0.863. The van der Waals surface area contributed by atoms with Crippen molar-refractivity contribution in [1.29, 1.82) is 0 Å². The van der Waals surface area contributed by atoms with Crippen molar-refractivity contribution in [1.82, 2.24) is 25.0 Å². The Labute approximate surface area is 155 Å². The molecular formula is C20H29N5O. The second kappa shape index (κ2) is 7.76. The summed E-state index contributed by atoms with van der Waals surface area (Å²) in [6, 6.07) is 3.61. The molecule has 6 nitrogen and oxygen atoms in total. The van der Waals surface area contributed by atoms with Crippen molar-refractivity contribution in [2.45, 2.75) is 51.6 Å². The van der Waals surface area contributed by atoms with Gasteiger partial charge in [-0.05, 0) is 64.4 Å². The molecule has 6 heteroatoms. The smallest absolute Gasteiger partial charge is 0.138 e. The standard InChI is InChI=1S/C20H29N5O/c1-15-6-7-19(26)18(22-15)14-25-10-4-5-16(12-25)20-17(11-21-23-20)13-24-8-2-3-9-24/h6-7,11,16,26H,2-5,8-10,12-14H2,1H3,(H,21,23)/t16-/m0/s1. The van der Waals surface area contributed by atoms with Crippen molar-refractivity contribution in [3.05, 3.63) is 41.0 Å². The molecule has 2 aromatic rings. The van der Waals surface area contributed by atoms with Crippen LogP contribution in [0, 0.1) is 6.92 Å². The summed E-state index contributed by atoms with van der Waals surface area (Å²) >= 11 is 0. The van der Waals surface area contributed by atoms with E-state index in [0.29, 0.717) is 18.2 Å². The number of pyridine rings is 1. The van der Waals surface area contributed by atoms with E-state index in [1.807, 2.05) is 19.2 Å². The number of nitrogens with zero attached hydrogens (tertiary/aromatic N) is 4. The molecule has 0 saturated carbocycles. The fourth-order valence-electron chi connectivity index (χ4n) is 4.35. The molecule has 4 heterocycles. The summed E-state index contributed by atoms with van der Waals surface area (Å²) in [7, 11) is 0. The predicted octanol–water partition coefficient (Wildman–Crippen LogP) is 2.79. The van der Waals surface area contributed by atoms with Gasteiger partial charge in [0.15, 0.2) is 0 Å². The monoisotopic (exact) mass is 355 g/mol. The number of aromatic hydroxyl groups is 1. The van der Waals surface area contributed by atoms with Gasteiger partial charge in [-0.15, -0.1) is 0 Å². The van der Waals surface area contributed by atoms with Crippen molar-refractivity contribution in [2.75, 3.05) is 26.2 Å². The normalized spacial score (nSPS) is 22.1. The molecule has 1 atom stereocenters. The van der Waals surface area contributed by atoms with Crippen LogP contribution in [0.25, 0.3) is 0 Å². The number of hydrogen-bond acceptors (Lipinski definition) is 5. The fraction of sp³-hybridized carbons (Fsp3) is 0.600. The van der Waals surface area contributed by atoms with Crippen LogP contribution in [-0.2, 0) is 13.1 Å². The maximum atomic E-state index is 10.1. The number of H-pyrrole nitrogens is 1. The second-order valence-electron chi connectivity index (χ2n) is 7.78. The highest BCUT2D eigenvalue weighted by Crippen LogP contribution is 2.30. The minimum Gasteiger partial charge on any atom is -0.506 e. The lowest BCUT2D eigenvalue weighted by molar-refractivity contribution is 0.193. The van der Waals surface area contributed by atoms with E-state index in [2.05, 4.69) is 25.0 Å². The second-order valence-corrected chi connectivity index (χ2v) is 7.78. The Balaban J connectivity index is 1.44. The molecule has 0 radical (unpaired) electrons. The predicted molar refractivity (Wildman–Crippen MR) is 101 cm³/mol. The van der Waals surface area contributed by atoms with Gasteiger partial charge >= 0.3 is 0 Å². The van der Waals surface area contributed by atoms with E-state index in [0.717, 1.165) is 31.0 Å². The van der Waals surface area contributed by atoms with Crippen LogP contribution in [-0.4, -0.2) is 56.3 Å². The van der Waals surface area contributed by atoms with Crippen molar-refractivity contribution in [2.24, 2.45) is 0 Å². The third-order valence-electron chi connectivity index (χ3n) is 5.72. The van der Waals surface area contributed by atoms with Crippen molar-refractivity contribution in [3.63, 3.8) is 0 Å². The molecule has 4 rings (SSSR count). The fourth-order valence-corrected chi connectivity index (χ4v) is 4.35. The van der Waals surface area contributed by atoms with E-state index in [1.165, 1.54) is 50.0 Å². The largest absolute Gasteiger partial charge is 0.506 e. The van der Waals surface area contributed by atoms with Crippen LogP contribution in [0.4, 0.5) is 0 Å². The number of likely N-dealkylation sites (tertiary alicyclic amines) is 2. The SMILES string of the molecule is Cc1ccc(O)c(CN2CCC[C@H](c3[nH]ncc3CN3CCCC3)C2)n1. The number of aromatic amines is 1. The number of piperidine rings is 1. The lowest BCUT2D eigenvalue weighted by Crippen LogP contribution is -2.34. The highest BCUT2D eigenvalue weighted by atomic mass is 16.3. The molecule has 0 spiro atoms. The lowest BCUT2D eigenvalue weighted by Gasteiger charge is -2.32. The Morgan fingerprint density at radius 1 is 1.12 bits per heavy atom. The number of rotatable bonds is 5. The van der Waals surface area contributed by atoms with E-state index >= 15 is 0 Å². The number of aryl methyl sites for hydroxylation is 1. The first kappa shape index (κ1) is 17.5.